The number of carbonyl (C=O) groups is 2. The standard InChI is InChI=1S/C15H22N2O3/c1-4-20-15(19)13(11-8-6-5-7-9-11)17-14(18)12(16)10(2)3/h5-10,12-13H,4,16H2,1-3H3,(H,17,18)/t12-,13+/m0/s1. The average molecular weight is 278 g/mol. The molecule has 0 radical (unpaired) electrons. The van der Waals surface area contributed by atoms with Crippen LogP contribution in [-0.2, 0) is 14.3 Å². The number of hydrogen-bond acceptors (Lipinski definition) is 4. The van der Waals surface area contributed by atoms with Crippen LogP contribution in [-0.4, -0.2) is 24.5 Å². The summed E-state index contributed by atoms with van der Waals surface area (Å²) in [5, 5.41) is 2.66. The van der Waals surface area contributed by atoms with E-state index in [0.29, 0.717) is 5.56 Å². The first-order valence-corrected chi connectivity index (χ1v) is 6.74. The predicted octanol–water partition coefficient (Wildman–Crippen LogP) is 1.39. The summed E-state index contributed by atoms with van der Waals surface area (Å²) in [5.41, 5.74) is 6.47. The van der Waals surface area contributed by atoms with Crippen LogP contribution in [0.5, 0.6) is 0 Å². The summed E-state index contributed by atoms with van der Waals surface area (Å²) in [5.74, 6) is -0.849. The van der Waals surface area contributed by atoms with Gasteiger partial charge in [0.05, 0.1) is 12.6 Å². The Bertz CT molecular complexity index is 446. The number of carbonyl (C=O) groups excluding carboxylic acids is 2. The van der Waals surface area contributed by atoms with Crippen LogP contribution in [0.1, 0.15) is 32.4 Å². The van der Waals surface area contributed by atoms with E-state index >= 15 is 0 Å². The van der Waals surface area contributed by atoms with Gasteiger partial charge in [0.25, 0.3) is 0 Å². The first kappa shape index (κ1) is 16.2. The number of esters is 1. The van der Waals surface area contributed by atoms with E-state index in [1.54, 1.807) is 31.2 Å². The Kier molecular flexibility index (Phi) is 6.18. The quantitative estimate of drug-likeness (QED) is 0.770. The summed E-state index contributed by atoms with van der Waals surface area (Å²) in [4.78, 5) is 24.0. The highest BCUT2D eigenvalue weighted by molar-refractivity contribution is 5.88. The third-order valence-electron chi connectivity index (χ3n) is 2.96. The summed E-state index contributed by atoms with van der Waals surface area (Å²) in [6, 6.07) is 7.49. The molecule has 0 fully saturated rings. The van der Waals surface area contributed by atoms with Crippen LogP contribution in [0, 0.1) is 5.92 Å². The normalized spacial score (nSPS) is 13.7. The topological polar surface area (TPSA) is 81.4 Å². The molecule has 0 spiro atoms. The molecule has 20 heavy (non-hydrogen) atoms. The van der Waals surface area contributed by atoms with Crippen molar-refractivity contribution in [2.75, 3.05) is 6.61 Å². The largest absolute Gasteiger partial charge is 0.464 e. The molecule has 0 aliphatic heterocycles. The predicted molar refractivity (Wildman–Crippen MR) is 76.8 cm³/mol. The number of amides is 1. The van der Waals surface area contributed by atoms with Gasteiger partial charge in [-0.05, 0) is 18.4 Å². The van der Waals surface area contributed by atoms with E-state index in [9.17, 15) is 9.59 Å². The molecule has 0 aromatic heterocycles. The van der Waals surface area contributed by atoms with E-state index in [0.717, 1.165) is 0 Å². The van der Waals surface area contributed by atoms with Crippen molar-refractivity contribution >= 4 is 11.9 Å². The van der Waals surface area contributed by atoms with Crippen molar-refractivity contribution in [3.63, 3.8) is 0 Å². The smallest absolute Gasteiger partial charge is 0.333 e. The Balaban J connectivity index is 2.89. The fourth-order valence-electron chi connectivity index (χ4n) is 1.69. The lowest BCUT2D eigenvalue weighted by molar-refractivity contribution is -0.147. The molecule has 1 aromatic rings. The zero-order valence-electron chi connectivity index (χ0n) is 12.1. The maximum absolute atomic E-state index is 12.0. The number of benzene rings is 1. The SMILES string of the molecule is CCOC(=O)[C@H](NC(=O)[C@@H](N)C(C)C)c1ccccc1. The Labute approximate surface area is 119 Å². The van der Waals surface area contributed by atoms with Gasteiger partial charge in [-0.25, -0.2) is 4.79 Å². The first-order valence-electron chi connectivity index (χ1n) is 6.74. The Hall–Kier alpha value is -1.88. The van der Waals surface area contributed by atoms with Gasteiger partial charge in [0.1, 0.15) is 0 Å². The lowest BCUT2D eigenvalue weighted by atomic mass is 10.0. The molecule has 1 aromatic carbocycles. The van der Waals surface area contributed by atoms with Gasteiger partial charge in [-0.3, -0.25) is 4.79 Å². The molecule has 0 heterocycles. The highest BCUT2D eigenvalue weighted by Gasteiger charge is 2.27. The first-order chi connectivity index (χ1) is 9.47. The van der Waals surface area contributed by atoms with Crippen LogP contribution < -0.4 is 11.1 Å². The van der Waals surface area contributed by atoms with E-state index in [4.69, 9.17) is 10.5 Å². The highest BCUT2D eigenvalue weighted by atomic mass is 16.5. The molecule has 0 saturated carbocycles. The number of hydrogen-bond donors (Lipinski definition) is 2. The molecule has 0 unspecified atom stereocenters. The van der Waals surface area contributed by atoms with Crippen molar-refractivity contribution in [2.45, 2.75) is 32.9 Å². The zero-order chi connectivity index (χ0) is 15.1. The molecule has 0 aliphatic carbocycles. The second-order valence-electron chi connectivity index (χ2n) is 4.87. The second-order valence-corrected chi connectivity index (χ2v) is 4.87. The van der Waals surface area contributed by atoms with Crippen LogP contribution >= 0.6 is 0 Å². The van der Waals surface area contributed by atoms with Gasteiger partial charge in [-0.2, -0.15) is 0 Å². The minimum atomic E-state index is -0.826. The van der Waals surface area contributed by atoms with Crippen LogP contribution in [0.3, 0.4) is 0 Å². The van der Waals surface area contributed by atoms with Gasteiger partial charge in [0.2, 0.25) is 5.91 Å². The van der Waals surface area contributed by atoms with Gasteiger partial charge in [0.15, 0.2) is 6.04 Å². The molecular weight excluding hydrogens is 256 g/mol. The van der Waals surface area contributed by atoms with E-state index in [1.807, 2.05) is 19.9 Å². The van der Waals surface area contributed by atoms with Gasteiger partial charge >= 0.3 is 5.97 Å². The summed E-state index contributed by atoms with van der Waals surface area (Å²) in [6.45, 7) is 5.69. The van der Waals surface area contributed by atoms with Crippen LogP contribution in [0.15, 0.2) is 30.3 Å². The van der Waals surface area contributed by atoms with Gasteiger partial charge in [-0.15, -0.1) is 0 Å². The Morgan fingerprint density at radius 3 is 2.35 bits per heavy atom. The minimum absolute atomic E-state index is 0.00591. The number of nitrogens with two attached hydrogens (primary N) is 1. The summed E-state index contributed by atoms with van der Waals surface area (Å²) in [7, 11) is 0. The van der Waals surface area contributed by atoms with E-state index in [2.05, 4.69) is 5.32 Å². The zero-order valence-corrected chi connectivity index (χ0v) is 12.1. The fourth-order valence-corrected chi connectivity index (χ4v) is 1.69. The van der Waals surface area contributed by atoms with Crippen LogP contribution in [0.2, 0.25) is 0 Å². The van der Waals surface area contributed by atoms with Crippen molar-refractivity contribution < 1.29 is 14.3 Å². The van der Waals surface area contributed by atoms with Crippen molar-refractivity contribution in [3.8, 4) is 0 Å². The molecular formula is C15H22N2O3. The third kappa shape index (κ3) is 4.35. The summed E-state index contributed by atoms with van der Waals surface area (Å²) >= 11 is 0. The van der Waals surface area contributed by atoms with Crippen molar-refractivity contribution in [2.24, 2.45) is 11.7 Å². The maximum atomic E-state index is 12.0. The highest BCUT2D eigenvalue weighted by Crippen LogP contribution is 2.15. The lowest BCUT2D eigenvalue weighted by Gasteiger charge is -2.21. The van der Waals surface area contributed by atoms with Crippen molar-refractivity contribution in [1.82, 2.24) is 5.32 Å². The molecule has 3 N–H and O–H groups in total. The molecule has 0 saturated heterocycles. The average Bonchev–Trinajstić information content (AvgIpc) is 2.44. The van der Waals surface area contributed by atoms with E-state index in [1.165, 1.54) is 0 Å². The number of nitrogens with one attached hydrogen (secondary N) is 1. The number of rotatable bonds is 6. The fraction of sp³-hybridized carbons (Fsp3) is 0.467. The summed E-state index contributed by atoms with van der Waals surface area (Å²) in [6.07, 6.45) is 0. The molecule has 5 heteroatoms. The lowest BCUT2D eigenvalue weighted by Crippen LogP contribution is -2.47. The third-order valence-corrected chi connectivity index (χ3v) is 2.96. The molecule has 1 rings (SSSR count). The van der Waals surface area contributed by atoms with Crippen LogP contribution in [0.4, 0.5) is 0 Å². The van der Waals surface area contributed by atoms with Crippen LogP contribution in [0.25, 0.3) is 0 Å². The molecule has 0 aliphatic rings. The molecule has 2 atom stereocenters. The van der Waals surface area contributed by atoms with Crippen molar-refractivity contribution in [1.29, 1.82) is 0 Å². The van der Waals surface area contributed by atoms with Gasteiger partial charge < -0.3 is 15.8 Å². The monoisotopic (exact) mass is 278 g/mol. The molecule has 1 amide bonds. The summed E-state index contributed by atoms with van der Waals surface area (Å²) < 4.78 is 5.01. The minimum Gasteiger partial charge on any atom is -0.464 e. The Morgan fingerprint density at radius 1 is 1.25 bits per heavy atom. The maximum Gasteiger partial charge on any atom is 0.333 e. The van der Waals surface area contributed by atoms with Gasteiger partial charge in [-0.1, -0.05) is 44.2 Å². The molecule has 0 bridgehead atoms. The van der Waals surface area contributed by atoms with Crippen molar-refractivity contribution in [3.05, 3.63) is 35.9 Å². The van der Waals surface area contributed by atoms with E-state index in [-0.39, 0.29) is 18.4 Å². The van der Waals surface area contributed by atoms with Gasteiger partial charge in [0, 0.05) is 0 Å². The molecule has 5 nitrogen and oxygen atoms in total. The second kappa shape index (κ2) is 7.65. The number of ether oxygens (including phenoxy) is 1. The van der Waals surface area contributed by atoms with E-state index < -0.39 is 18.1 Å². The Morgan fingerprint density at radius 2 is 1.85 bits per heavy atom. The molecule has 110 valence electrons.